The third-order valence-corrected chi connectivity index (χ3v) is 3.71. The Morgan fingerprint density at radius 1 is 1.12 bits per heavy atom. The second-order valence-electron chi connectivity index (χ2n) is 7.08. The first-order valence-electron chi connectivity index (χ1n) is 8.65. The minimum atomic E-state index is -0.558. The summed E-state index contributed by atoms with van der Waals surface area (Å²) in [6.07, 6.45) is -0.139. The molecule has 1 rings (SSSR count). The Bertz CT molecular complexity index is 540. The molecule has 0 saturated heterocycles. The van der Waals surface area contributed by atoms with Gasteiger partial charge in [-0.05, 0) is 32.3 Å². The monoisotopic (exact) mass is 350 g/mol. The van der Waals surface area contributed by atoms with E-state index in [4.69, 9.17) is 9.47 Å². The molecule has 0 fully saturated rings. The summed E-state index contributed by atoms with van der Waals surface area (Å²) >= 11 is 0. The number of rotatable bonds is 7. The zero-order valence-electron chi connectivity index (χ0n) is 15.8. The minimum Gasteiger partial charge on any atom is -0.445 e. The zero-order chi connectivity index (χ0) is 18.9. The van der Waals surface area contributed by atoms with Crippen LogP contribution in [0, 0.1) is 5.92 Å². The summed E-state index contributed by atoms with van der Waals surface area (Å²) in [5.41, 5.74) is 0.363. The lowest BCUT2D eigenvalue weighted by Gasteiger charge is -2.25. The number of hydrogen-bond donors (Lipinski definition) is 2. The van der Waals surface area contributed by atoms with Gasteiger partial charge in [0.15, 0.2) is 0 Å². The molecule has 1 aromatic rings. The van der Waals surface area contributed by atoms with Crippen LogP contribution in [0.3, 0.4) is 0 Å². The number of ether oxygens (including phenoxy) is 2. The molecule has 0 aliphatic rings. The Kier molecular flexibility index (Phi) is 8.25. The highest BCUT2D eigenvalue weighted by molar-refractivity contribution is 5.69. The molecule has 6 heteroatoms. The average Bonchev–Trinajstić information content (AvgIpc) is 2.55. The molecule has 140 valence electrons. The average molecular weight is 350 g/mol. The van der Waals surface area contributed by atoms with E-state index in [9.17, 15) is 9.59 Å². The lowest BCUT2D eigenvalue weighted by Crippen LogP contribution is -2.48. The minimum absolute atomic E-state index is 0.180. The third-order valence-electron chi connectivity index (χ3n) is 3.71. The van der Waals surface area contributed by atoms with E-state index < -0.39 is 17.8 Å². The molecule has 0 aliphatic carbocycles. The second-order valence-corrected chi connectivity index (χ2v) is 7.08. The summed E-state index contributed by atoms with van der Waals surface area (Å²) in [5.74, 6) is 0.180. The fraction of sp³-hybridized carbons (Fsp3) is 0.579. The molecule has 2 N–H and O–H groups in total. The summed E-state index contributed by atoms with van der Waals surface area (Å²) in [5, 5.41) is 5.53. The van der Waals surface area contributed by atoms with Crippen LogP contribution in [0.15, 0.2) is 30.3 Å². The molecule has 2 atom stereocenters. The highest BCUT2D eigenvalue weighted by Crippen LogP contribution is 2.10. The van der Waals surface area contributed by atoms with Crippen LogP contribution >= 0.6 is 0 Å². The number of amides is 2. The quantitative estimate of drug-likeness (QED) is 0.783. The Hall–Kier alpha value is -2.24. The van der Waals surface area contributed by atoms with E-state index in [0.717, 1.165) is 12.0 Å². The van der Waals surface area contributed by atoms with E-state index >= 15 is 0 Å². The van der Waals surface area contributed by atoms with Gasteiger partial charge in [0, 0.05) is 6.54 Å². The molecule has 0 unspecified atom stereocenters. The molecule has 0 radical (unpaired) electrons. The first kappa shape index (κ1) is 20.8. The van der Waals surface area contributed by atoms with Gasteiger partial charge in [-0.2, -0.15) is 0 Å². The van der Waals surface area contributed by atoms with Crippen LogP contribution in [-0.2, 0) is 16.1 Å². The maximum Gasteiger partial charge on any atom is 0.407 e. The van der Waals surface area contributed by atoms with Gasteiger partial charge in [-0.1, -0.05) is 50.6 Å². The molecular formula is C19H30N2O4. The number of alkyl carbamates (subject to hydrolysis) is 2. The standard InChI is InChI=1S/C19H30N2O4/c1-6-14(2)16(12-20-17(22)25-19(3,4)5)21-18(23)24-13-15-10-8-7-9-11-15/h7-11,14,16H,6,12-13H2,1-5H3,(H,20,22)(H,21,23)/t14-,16+/m0/s1. The van der Waals surface area contributed by atoms with Crippen molar-refractivity contribution in [3.05, 3.63) is 35.9 Å². The molecule has 6 nitrogen and oxygen atoms in total. The van der Waals surface area contributed by atoms with Crippen LogP contribution in [-0.4, -0.2) is 30.4 Å². The smallest absolute Gasteiger partial charge is 0.407 e. The van der Waals surface area contributed by atoms with Crippen LogP contribution in [0.25, 0.3) is 0 Å². The van der Waals surface area contributed by atoms with Gasteiger partial charge in [-0.25, -0.2) is 9.59 Å². The number of carbonyl (C=O) groups excluding carboxylic acids is 2. The molecule has 25 heavy (non-hydrogen) atoms. The van der Waals surface area contributed by atoms with Crippen molar-refractivity contribution in [2.75, 3.05) is 6.54 Å². The van der Waals surface area contributed by atoms with E-state index in [0.29, 0.717) is 0 Å². The molecule has 0 aromatic heterocycles. The van der Waals surface area contributed by atoms with Crippen molar-refractivity contribution in [2.45, 2.75) is 59.3 Å². The van der Waals surface area contributed by atoms with E-state index in [2.05, 4.69) is 10.6 Å². The van der Waals surface area contributed by atoms with E-state index in [1.807, 2.05) is 44.2 Å². The summed E-state index contributed by atoms with van der Waals surface area (Å²) in [7, 11) is 0. The van der Waals surface area contributed by atoms with Gasteiger partial charge in [0.05, 0.1) is 6.04 Å². The zero-order valence-corrected chi connectivity index (χ0v) is 15.8. The molecular weight excluding hydrogens is 320 g/mol. The highest BCUT2D eigenvalue weighted by atomic mass is 16.6. The number of nitrogens with one attached hydrogen (secondary N) is 2. The molecule has 0 bridgehead atoms. The van der Waals surface area contributed by atoms with Crippen molar-refractivity contribution < 1.29 is 19.1 Å². The maximum absolute atomic E-state index is 12.0. The van der Waals surface area contributed by atoms with Crippen molar-refractivity contribution in [3.63, 3.8) is 0 Å². The Morgan fingerprint density at radius 3 is 2.32 bits per heavy atom. The van der Waals surface area contributed by atoms with Gasteiger partial charge in [0.1, 0.15) is 12.2 Å². The number of benzene rings is 1. The Morgan fingerprint density at radius 2 is 1.76 bits per heavy atom. The van der Waals surface area contributed by atoms with Crippen molar-refractivity contribution in [2.24, 2.45) is 5.92 Å². The number of hydrogen-bond acceptors (Lipinski definition) is 4. The predicted molar refractivity (Wildman–Crippen MR) is 97.2 cm³/mol. The fourth-order valence-corrected chi connectivity index (χ4v) is 2.10. The van der Waals surface area contributed by atoms with Crippen LogP contribution in [0.1, 0.15) is 46.6 Å². The largest absolute Gasteiger partial charge is 0.445 e. The molecule has 0 saturated carbocycles. The Balaban J connectivity index is 2.49. The molecule has 0 spiro atoms. The lowest BCUT2D eigenvalue weighted by atomic mass is 9.99. The fourth-order valence-electron chi connectivity index (χ4n) is 2.10. The number of carbonyl (C=O) groups is 2. The van der Waals surface area contributed by atoms with Crippen molar-refractivity contribution in [1.29, 1.82) is 0 Å². The van der Waals surface area contributed by atoms with Gasteiger partial charge >= 0.3 is 12.2 Å². The van der Waals surface area contributed by atoms with Gasteiger partial charge in [-0.15, -0.1) is 0 Å². The SMILES string of the molecule is CC[C@H](C)[C@@H](CNC(=O)OC(C)(C)C)NC(=O)OCc1ccccc1. The first-order chi connectivity index (χ1) is 11.7. The van der Waals surface area contributed by atoms with Crippen LogP contribution in [0.2, 0.25) is 0 Å². The molecule has 0 aliphatic heterocycles. The summed E-state index contributed by atoms with van der Waals surface area (Å²) in [6, 6.07) is 9.24. The van der Waals surface area contributed by atoms with E-state index in [1.54, 1.807) is 20.8 Å². The van der Waals surface area contributed by atoms with E-state index in [1.165, 1.54) is 0 Å². The van der Waals surface area contributed by atoms with Crippen molar-refractivity contribution in [1.82, 2.24) is 10.6 Å². The maximum atomic E-state index is 12.0. The predicted octanol–water partition coefficient (Wildman–Crippen LogP) is 3.85. The molecule has 0 heterocycles. The summed E-state index contributed by atoms with van der Waals surface area (Å²) in [6.45, 7) is 9.94. The van der Waals surface area contributed by atoms with Crippen LogP contribution in [0.4, 0.5) is 9.59 Å². The van der Waals surface area contributed by atoms with Gasteiger partial charge in [0.2, 0.25) is 0 Å². The highest BCUT2D eigenvalue weighted by Gasteiger charge is 2.22. The third kappa shape index (κ3) is 8.98. The Labute approximate surface area is 150 Å². The van der Waals surface area contributed by atoms with Crippen molar-refractivity contribution in [3.8, 4) is 0 Å². The molecule has 2 amide bonds. The molecule has 1 aromatic carbocycles. The lowest BCUT2D eigenvalue weighted by molar-refractivity contribution is 0.0516. The second kappa shape index (κ2) is 9.91. The van der Waals surface area contributed by atoms with Gasteiger partial charge < -0.3 is 20.1 Å². The summed E-state index contributed by atoms with van der Waals surface area (Å²) < 4.78 is 10.5. The first-order valence-corrected chi connectivity index (χ1v) is 8.65. The normalized spacial score (nSPS) is 13.5. The van der Waals surface area contributed by atoms with Crippen molar-refractivity contribution >= 4 is 12.2 Å². The van der Waals surface area contributed by atoms with E-state index in [-0.39, 0.29) is 25.1 Å². The summed E-state index contributed by atoms with van der Waals surface area (Å²) in [4.78, 5) is 23.8. The van der Waals surface area contributed by atoms with Crippen LogP contribution in [0.5, 0.6) is 0 Å². The van der Waals surface area contributed by atoms with Gasteiger partial charge in [0.25, 0.3) is 0 Å². The topological polar surface area (TPSA) is 76.7 Å². The van der Waals surface area contributed by atoms with Crippen LogP contribution < -0.4 is 10.6 Å². The van der Waals surface area contributed by atoms with Gasteiger partial charge in [-0.3, -0.25) is 0 Å².